The van der Waals surface area contributed by atoms with E-state index in [-0.39, 0.29) is 20.1 Å². The third-order valence-electron chi connectivity index (χ3n) is 2.39. The van der Waals surface area contributed by atoms with E-state index in [0.29, 0.717) is 11.5 Å². The highest BCUT2D eigenvalue weighted by atomic mass is 79.9. The second kappa shape index (κ2) is 5.68. The molecule has 108 valence electrons. The Kier molecular flexibility index (Phi) is 4.33. The fourth-order valence-corrected chi connectivity index (χ4v) is 4.86. The molecule has 2 aromatic heterocycles. The van der Waals surface area contributed by atoms with Crippen LogP contribution in [0.5, 0.6) is 0 Å². The molecule has 6 nitrogen and oxygen atoms in total. The van der Waals surface area contributed by atoms with Crippen LogP contribution < -0.4 is 4.72 Å². The number of thiophene rings is 1. The molecule has 0 saturated heterocycles. The third-order valence-corrected chi connectivity index (χ3v) is 6.03. The highest BCUT2D eigenvalue weighted by Crippen LogP contribution is 2.31. The van der Waals surface area contributed by atoms with Gasteiger partial charge in [0, 0.05) is 0 Å². The summed E-state index contributed by atoms with van der Waals surface area (Å²) in [7, 11) is -3.80. The number of nitrogens with one attached hydrogen (secondary N) is 1. The maximum Gasteiger partial charge on any atom is 0.345 e. The summed E-state index contributed by atoms with van der Waals surface area (Å²) in [5, 5.41) is 8.86. The Morgan fingerprint density at radius 2 is 2.20 bits per heavy atom. The molecule has 2 rings (SSSR count). The van der Waals surface area contributed by atoms with E-state index in [1.165, 1.54) is 0 Å². The second-order valence-electron chi connectivity index (χ2n) is 3.89. The Bertz CT molecular complexity index is 747. The zero-order valence-corrected chi connectivity index (χ0v) is 13.4. The smallest absolute Gasteiger partial charge is 0.345 e. The van der Waals surface area contributed by atoms with Crippen molar-refractivity contribution in [1.82, 2.24) is 4.72 Å². The van der Waals surface area contributed by atoms with Gasteiger partial charge < -0.3 is 9.52 Å². The molecule has 0 saturated carbocycles. The SMILES string of the molecule is Cc1ccc(CNS(=O)(=O)c2cc(C(=O)O)sc2Br)o1. The van der Waals surface area contributed by atoms with E-state index in [2.05, 4.69) is 20.7 Å². The number of carbonyl (C=O) groups is 1. The van der Waals surface area contributed by atoms with Crippen LogP contribution in [0.25, 0.3) is 0 Å². The summed E-state index contributed by atoms with van der Waals surface area (Å²) in [4.78, 5) is 10.7. The van der Waals surface area contributed by atoms with Crippen LogP contribution in [0, 0.1) is 6.92 Å². The molecule has 0 amide bonds. The van der Waals surface area contributed by atoms with E-state index in [0.717, 1.165) is 17.4 Å². The molecule has 2 aromatic rings. The van der Waals surface area contributed by atoms with Crippen LogP contribution in [0.15, 0.2) is 31.3 Å². The third kappa shape index (κ3) is 3.29. The molecular formula is C11H10BrNO5S2. The normalized spacial score (nSPS) is 11.7. The van der Waals surface area contributed by atoms with Gasteiger partial charge in [0.05, 0.1) is 10.3 Å². The number of carboxylic acid groups (broad SMARTS) is 1. The summed E-state index contributed by atoms with van der Waals surface area (Å²) < 4.78 is 32.1. The quantitative estimate of drug-likeness (QED) is 0.831. The summed E-state index contributed by atoms with van der Waals surface area (Å²) >= 11 is 3.91. The fourth-order valence-electron chi connectivity index (χ4n) is 1.46. The summed E-state index contributed by atoms with van der Waals surface area (Å²) in [6, 6.07) is 4.52. The largest absolute Gasteiger partial charge is 0.477 e. The molecule has 0 aliphatic heterocycles. The van der Waals surface area contributed by atoms with Gasteiger partial charge in [0.25, 0.3) is 0 Å². The molecular weight excluding hydrogens is 370 g/mol. The van der Waals surface area contributed by atoms with Gasteiger partial charge in [0.2, 0.25) is 10.0 Å². The molecule has 0 radical (unpaired) electrons. The van der Waals surface area contributed by atoms with E-state index in [1.807, 2.05) is 0 Å². The predicted octanol–water partition coefficient (Wildman–Crippen LogP) is 2.59. The lowest BCUT2D eigenvalue weighted by Gasteiger charge is -2.03. The molecule has 2 N–H and O–H groups in total. The molecule has 20 heavy (non-hydrogen) atoms. The van der Waals surface area contributed by atoms with Gasteiger partial charge in [-0.1, -0.05) is 0 Å². The van der Waals surface area contributed by atoms with Crippen LogP contribution in [-0.4, -0.2) is 19.5 Å². The molecule has 0 atom stereocenters. The van der Waals surface area contributed by atoms with Gasteiger partial charge in [0.15, 0.2) is 0 Å². The Morgan fingerprint density at radius 3 is 2.70 bits per heavy atom. The number of rotatable bonds is 5. The maximum absolute atomic E-state index is 12.1. The number of hydrogen-bond donors (Lipinski definition) is 2. The van der Waals surface area contributed by atoms with Crippen LogP contribution in [-0.2, 0) is 16.6 Å². The Hall–Kier alpha value is -1.16. The van der Waals surface area contributed by atoms with Gasteiger partial charge in [-0.2, -0.15) is 0 Å². The van der Waals surface area contributed by atoms with Crippen molar-refractivity contribution in [2.24, 2.45) is 0 Å². The highest BCUT2D eigenvalue weighted by molar-refractivity contribution is 9.11. The first-order valence-electron chi connectivity index (χ1n) is 5.37. The molecule has 2 heterocycles. The van der Waals surface area contributed by atoms with Gasteiger partial charge in [-0.15, -0.1) is 11.3 Å². The van der Waals surface area contributed by atoms with Crippen molar-refractivity contribution in [1.29, 1.82) is 0 Å². The number of carboxylic acids is 1. The van der Waals surface area contributed by atoms with Crippen LogP contribution in [0.1, 0.15) is 21.2 Å². The second-order valence-corrected chi connectivity index (χ2v) is 8.00. The van der Waals surface area contributed by atoms with E-state index in [1.54, 1.807) is 19.1 Å². The van der Waals surface area contributed by atoms with Crippen molar-refractivity contribution in [3.05, 3.63) is 38.4 Å². The molecule has 0 spiro atoms. The number of aromatic carboxylic acids is 1. The Balaban J connectivity index is 2.20. The van der Waals surface area contributed by atoms with Crippen LogP contribution >= 0.6 is 27.3 Å². The van der Waals surface area contributed by atoms with Crippen molar-refractivity contribution in [2.45, 2.75) is 18.4 Å². The van der Waals surface area contributed by atoms with E-state index in [9.17, 15) is 13.2 Å². The summed E-state index contributed by atoms with van der Waals surface area (Å²) in [6.45, 7) is 1.76. The lowest BCUT2D eigenvalue weighted by Crippen LogP contribution is -2.22. The molecule has 0 aliphatic carbocycles. The topological polar surface area (TPSA) is 96.6 Å². The van der Waals surface area contributed by atoms with Crippen LogP contribution in [0.2, 0.25) is 0 Å². The Morgan fingerprint density at radius 1 is 1.50 bits per heavy atom. The van der Waals surface area contributed by atoms with E-state index >= 15 is 0 Å². The average molecular weight is 380 g/mol. The lowest BCUT2D eigenvalue weighted by atomic mass is 10.4. The van der Waals surface area contributed by atoms with Crippen molar-refractivity contribution >= 4 is 43.3 Å². The number of furan rings is 1. The molecule has 0 bridgehead atoms. The summed E-state index contributed by atoms with van der Waals surface area (Å²) in [5.74, 6) is -0.00114. The number of sulfonamides is 1. The zero-order chi connectivity index (χ0) is 14.9. The molecule has 0 aromatic carbocycles. The Labute approximate surface area is 127 Å². The number of hydrogen-bond acceptors (Lipinski definition) is 5. The molecule has 0 aliphatic rings. The number of halogens is 1. The fraction of sp³-hybridized carbons (Fsp3) is 0.182. The minimum atomic E-state index is -3.80. The molecule has 0 unspecified atom stereocenters. The summed E-state index contributed by atoms with van der Waals surface area (Å²) in [5.41, 5.74) is 0. The molecule has 9 heteroatoms. The maximum atomic E-state index is 12.1. The highest BCUT2D eigenvalue weighted by Gasteiger charge is 2.23. The van der Waals surface area contributed by atoms with Crippen molar-refractivity contribution in [2.75, 3.05) is 0 Å². The monoisotopic (exact) mass is 379 g/mol. The first-order chi connectivity index (χ1) is 9.29. The number of aryl methyl sites for hydroxylation is 1. The predicted molar refractivity (Wildman–Crippen MR) is 76.4 cm³/mol. The van der Waals surface area contributed by atoms with E-state index in [4.69, 9.17) is 9.52 Å². The van der Waals surface area contributed by atoms with Gasteiger partial charge in [-0.3, -0.25) is 0 Å². The first-order valence-corrected chi connectivity index (χ1v) is 8.46. The zero-order valence-electron chi connectivity index (χ0n) is 10.2. The minimum Gasteiger partial charge on any atom is -0.477 e. The van der Waals surface area contributed by atoms with E-state index < -0.39 is 16.0 Å². The lowest BCUT2D eigenvalue weighted by molar-refractivity contribution is 0.0702. The van der Waals surface area contributed by atoms with Crippen molar-refractivity contribution < 1.29 is 22.7 Å². The minimum absolute atomic E-state index is 0.000858. The van der Waals surface area contributed by atoms with Gasteiger partial charge in [0.1, 0.15) is 21.3 Å². The van der Waals surface area contributed by atoms with Crippen molar-refractivity contribution in [3.8, 4) is 0 Å². The molecule has 0 fully saturated rings. The van der Waals surface area contributed by atoms with Crippen LogP contribution in [0.4, 0.5) is 0 Å². The van der Waals surface area contributed by atoms with Gasteiger partial charge >= 0.3 is 5.97 Å². The first kappa shape index (κ1) is 15.2. The summed E-state index contributed by atoms with van der Waals surface area (Å²) in [6.07, 6.45) is 0. The van der Waals surface area contributed by atoms with Gasteiger partial charge in [-0.05, 0) is 41.1 Å². The standard InChI is InChI=1S/C11H10BrNO5S2/c1-6-2-3-7(18-6)5-13-20(16,17)9-4-8(11(14)15)19-10(9)12/h2-4,13H,5H2,1H3,(H,14,15). The van der Waals surface area contributed by atoms with Crippen molar-refractivity contribution in [3.63, 3.8) is 0 Å². The van der Waals surface area contributed by atoms with Crippen LogP contribution in [0.3, 0.4) is 0 Å². The average Bonchev–Trinajstić information content (AvgIpc) is 2.93. The van der Waals surface area contributed by atoms with Gasteiger partial charge in [-0.25, -0.2) is 17.9 Å².